The number of hydrogen-bond acceptors (Lipinski definition) is 6. The molecule has 1 unspecified atom stereocenters. The van der Waals surface area contributed by atoms with Gasteiger partial charge in [-0.05, 0) is 76.3 Å². The van der Waals surface area contributed by atoms with Crippen LogP contribution < -0.4 is 5.56 Å². The summed E-state index contributed by atoms with van der Waals surface area (Å²) in [6.07, 6.45) is 1.63. The lowest BCUT2D eigenvalue weighted by atomic mass is 10.0. The number of benzene rings is 3. The van der Waals surface area contributed by atoms with Crippen LogP contribution in [0.15, 0.2) is 106 Å². The van der Waals surface area contributed by atoms with Crippen LogP contribution in [0.25, 0.3) is 10.9 Å². The Hall–Kier alpha value is -4.89. The number of H-pyrrole nitrogens is 1. The Labute approximate surface area is 229 Å². The maximum Gasteiger partial charge on any atom is 0.253 e. The first-order chi connectivity index (χ1) is 19.5. The van der Waals surface area contributed by atoms with E-state index in [2.05, 4.69) is 25.4 Å². The van der Waals surface area contributed by atoms with E-state index in [0.717, 1.165) is 33.4 Å². The van der Waals surface area contributed by atoms with Crippen molar-refractivity contribution in [2.24, 2.45) is 0 Å². The first kappa shape index (κ1) is 25.4. The van der Waals surface area contributed by atoms with Gasteiger partial charge in [-0.25, -0.2) is 9.07 Å². The SMILES string of the molecule is Cc1ccc2[nH]c(=O)c(C(c3nnnn3Cc3ccc(F)cc3)N(Cc3ccccc3)Cc3ccco3)cc2c1. The molecule has 1 N–H and O–H groups in total. The average Bonchev–Trinajstić information content (AvgIpc) is 3.64. The zero-order valence-electron chi connectivity index (χ0n) is 21.9. The van der Waals surface area contributed by atoms with E-state index in [-0.39, 0.29) is 11.4 Å². The Kier molecular flexibility index (Phi) is 7.03. The van der Waals surface area contributed by atoms with E-state index in [4.69, 9.17) is 4.42 Å². The molecule has 200 valence electrons. The summed E-state index contributed by atoms with van der Waals surface area (Å²) in [7, 11) is 0. The van der Waals surface area contributed by atoms with Gasteiger partial charge in [0, 0.05) is 17.6 Å². The van der Waals surface area contributed by atoms with E-state index in [1.807, 2.05) is 73.7 Å². The Morgan fingerprint density at radius 3 is 2.55 bits per heavy atom. The molecule has 0 aliphatic heterocycles. The Bertz CT molecular complexity index is 1780. The molecular weight excluding hydrogens is 507 g/mol. The maximum atomic E-state index is 13.7. The van der Waals surface area contributed by atoms with E-state index in [0.29, 0.717) is 31.0 Å². The number of nitrogens with one attached hydrogen (secondary N) is 1. The van der Waals surface area contributed by atoms with Crippen molar-refractivity contribution in [1.29, 1.82) is 0 Å². The third-order valence-corrected chi connectivity index (χ3v) is 6.91. The Balaban J connectivity index is 1.52. The summed E-state index contributed by atoms with van der Waals surface area (Å²) in [6, 6.07) is 27.2. The second-order valence-corrected chi connectivity index (χ2v) is 9.84. The molecule has 0 aliphatic carbocycles. The summed E-state index contributed by atoms with van der Waals surface area (Å²) < 4.78 is 21.0. The normalized spacial score (nSPS) is 12.3. The molecule has 40 heavy (non-hydrogen) atoms. The largest absolute Gasteiger partial charge is 0.468 e. The number of hydrogen-bond donors (Lipinski definition) is 1. The molecule has 0 radical (unpaired) electrons. The molecule has 0 saturated carbocycles. The predicted molar refractivity (Wildman–Crippen MR) is 149 cm³/mol. The van der Waals surface area contributed by atoms with Gasteiger partial charge in [0.05, 0.1) is 19.4 Å². The lowest BCUT2D eigenvalue weighted by Crippen LogP contribution is -2.34. The van der Waals surface area contributed by atoms with Crippen molar-refractivity contribution in [3.8, 4) is 0 Å². The molecule has 6 rings (SSSR count). The van der Waals surface area contributed by atoms with Crippen LogP contribution in [-0.2, 0) is 19.6 Å². The molecule has 8 nitrogen and oxygen atoms in total. The van der Waals surface area contributed by atoms with Crippen molar-refractivity contribution in [1.82, 2.24) is 30.1 Å². The van der Waals surface area contributed by atoms with Crippen molar-refractivity contribution in [2.45, 2.75) is 32.6 Å². The van der Waals surface area contributed by atoms with Crippen molar-refractivity contribution >= 4 is 10.9 Å². The smallest absolute Gasteiger partial charge is 0.253 e. The predicted octanol–water partition coefficient (Wildman–Crippen LogP) is 5.40. The number of halogens is 1. The highest BCUT2D eigenvalue weighted by atomic mass is 19.1. The molecule has 0 aliphatic rings. The number of aromatic nitrogens is 5. The van der Waals surface area contributed by atoms with Crippen LogP contribution >= 0.6 is 0 Å². The Morgan fingerprint density at radius 1 is 0.950 bits per heavy atom. The summed E-state index contributed by atoms with van der Waals surface area (Å²) in [5.41, 5.74) is 4.01. The van der Waals surface area contributed by atoms with Gasteiger partial charge in [0.1, 0.15) is 17.6 Å². The number of pyridine rings is 1. The van der Waals surface area contributed by atoms with E-state index in [1.54, 1.807) is 23.1 Å². The molecule has 0 fully saturated rings. The van der Waals surface area contributed by atoms with Gasteiger partial charge in [-0.15, -0.1) is 5.10 Å². The van der Waals surface area contributed by atoms with Crippen LogP contribution in [0.3, 0.4) is 0 Å². The first-order valence-corrected chi connectivity index (χ1v) is 13.0. The summed E-state index contributed by atoms with van der Waals surface area (Å²) in [6.45, 7) is 3.23. The van der Waals surface area contributed by atoms with Crippen LogP contribution in [0, 0.1) is 12.7 Å². The average molecular weight is 535 g/mol. The summed E-state index contributed by atoms with van der Waals surface area (Å²) in [4.78, 5) is 18.9. The van der Waals surface area contributed by atoms with Crippen molar-refractivity contribution in [2.75, 3.05) is 0 Å². The number of rotatable bonds is 9. The second-order valence-electron chi connectivity index (χ2n) is 9.84. The summed E-state index contributed by atoms with van der Waals surface area (Å²) in [5, 5.41) is 13.6. The third-order valence-electron chi connectivity index (χ3n) is 6.91. The van der Waals surface area contributed by atoms with E-state index in [1.165, 1.54) is 12.1 Å². The zero-order valence-corrected chi connectivity index (χ0v) is 21.9. The fourth-order valence-electron chi connectivity index (χ4n) is 4.99. The molecule has 3 aromatic heterocycles. The summed E-state index contributed by atoms with van der Waals surface area (Å²) >= 11 is 0. The summed E-state index contributed by atoms with van der Waals surface area (Å²) in [5.74, 6) is 0.917. The molecular formula is C31H27FN6O2. The van der Waals surface area contributed by atoms with Gasteiger partial charge in [-0.1, -0.05) is 54.1 Å². The minimum Gasteiger partial charge on any atom is -0.468 e. The van der Waals surface area contributed by atoms with Gasteiger partial charge >= 0.3 is 0 Å². The number of nitrogens with zero attached hydrogens (tertiary/aromatic N) is 5. The van der Waals surface area contributed by atoms with Gasteiger partial charge < -0.3 is 9.40 Å². The molecule has 0 spiro atoms. The molecule has 0 amide bonds. The first-order valence-electron chi connectivity index (χ1n) is 13.0. The lowest BCUT2D eigenvalue weighted by molar-refractivity contribution is 0.179. The third kappa shape index (κ3) is 5.45. The van der Waals surface area contributed by atoms with Crippen LogP contribution in [-0.4, -0.2) is 30.1 Å². The minimum absolute atomic E-state index is 0.227. The lowest BCUT2D eigenvalue weighted by Gasteiger charge is -2.30. The van der Waals surface area contributed by atoms with Crippen LogP contribution in [0.2, 0.25) is 0 Å². The number of aromatic amines is 1. The van der Waals surface area contributed by atoms with Crippen molar-refractivity contribution in [3.05, 3.63) is 147 Å². The molecule has 1 atom stereocenters. The Morgan fingerprint density at radius 2 is 1.77 bits per heavy atom. The van der Waals surface area contributed by atoms with Gasteiger partial charge in [0.25, 0.3) is 5.56 Å². The van der Waals surface area contributed by atoms with Crippen molar-refractivity contribution in [3.63, 3.8) is 0 Å². The van der Waals surface area contributed by atoms with Gasteiger partial charge in [0.15, 0.2) is 5.82 Å². The molecule has 0 saturated heterocycles. The molecule has 9 heteroatoms. The number of aryl methyl sites for hydroxylation is 1. The molecule has 6 aromatic rings. The van der Waals surface area contributed by atoms with Crippen LogP contribution in [0.4, 0.5) is 4.39 Å². The van der Waals surface area contributed by atoms with E-state index < -0.39 is 6.04 Å². The highest BCUT2D eigenvalue weighted by Gasteiger charge is 2.31. The van der Waals surface area contributed by atoms with Gasteiger partial charge in [0.2, 0.25) is 0 Å². The van der Waals surface area contributed by atoms with Gasteiger partial charge in [-0.2, -0.15) is 0 Å². The molecule has 0 bridgehead atoms. The molecule has 3 aromatic carbocycles. The minimum atomic E-state index is -0.630. The molecule has 3 heterocycles. The topological polar surface area (TPSA) is 92.8 Å². The van der Waals surface area contributed by atoms with Gasteiger partial charge in [-0.3, -0.25) is 9.69 Å². The van der Waals surface area contributed by atoms with Crippen LogP contribution in [0.1, 0.15) is 39.9 Å². The van der Waals surface area contributed by atoms with E-state index in [9.17, 15) is 9.18 Å². The second kappa shape index (κ2) is 11.1. The highest BCUT2D eigenvalue weighted by molar-refractivity contribution is 5.79. The fraction of sp³-hybridized carbons (Fsp3) is 0.161. The fourth-order valence-corrected chi connectivity index (χ4v) is 4.99. The van der Waals surface area contributed by atoms with Crippen molar-refractivity contribution < 1.29 is 8.81 Å². The van der Waals surface area contributed by atoms with Crippen LogP contribution in [0.5, 0.6) is 0 Å². The number of tetrazole rings is 1. The zero-order chi connectivity index (χ0) is 27.5. The highest BCUT2D eigenvalue weighted by Crippen LogP contribution is 2.30. The maximum absolute atomic E-state index is 13.7. The number of furan rings is 1. The van der Waals surface area contributed by atoms with E-state index >= 15 is 0 Å². The standard InChI is InChI=1S/C31H27FN6O2/c1-21-9-14-28-24(16-21)17-27(31(39)33-28)29(30-34-35-36-38(30)19-23-10-12-25(32)13-11-23)37(20-26-8-5-15-40-26)18-22-6-3-2-4-7-22/h2-17,29H,18-20H2,1H3,(H,33,39). The quantitative estimate of drug-likeness (QED) is 0.267. The monoisotopic (exact) mass is 534 g/mol. The number of fused-ring (bicyclic) bond motifs is 1.